The molecule has 1 fully saturated rings. The van der Waals surface area contributed by atoms with Gasteiger partial charge in [-0.2, -0.15) is 0 Å². The molecule has 0 aliphatic carbocycles. The van der Waals surface area contributed by atoms with E-state index in [0.717, 1.165) is 61.1 Å². The number of aromatic hydroxyl groups is 1. The van der Waals surface area contributed by atoms with E-state index < -0.39 is 0 Å². The summed E-state index contributed by atoms with van der Waals surface area (Å²) in [6, 6.07) is 14.8. The SMILES string of the molecule is Cc1cc2c(cc1O)c(C(=O)NC1CCN(CCc3ccccc3)CC1)c(C)n2C(C)C.Cl. The number of amides is 1. The molecule has 1 aliphatic heterocycles. The van der Waals surface area contributed by atoms with Crippen molar-refractivity contribution < 1.29 is 9.90 Å². The minimum absolute atomic E-state index is 0. The zero-order chi connectivity index (χ0) is 22.8. The lowest BCUT2D eigenvalue weighted by atomic mass is 10.0. The Morgan fingerprint density at radius 2 is 1.79 bits per heavy atom. The summed E-state index contributed by atoms with van der Waals surface area (Å²) in [5.74, 6) is 0.206. The Hall–Kier alpha value is -2.50. The number of carbonyl (C=O) groups excluding carboxylic acids is 1. The molecule has 2 N–H and O–H groups in total. The van der Waals surface area contributed by atoms with Gasteiger partial charge < -0.3 is 19.9 Å². The molecule has 0 saturated carbocycles. The number of carbonyl (C=O) groups is 1. The number of rotatable bonds is 6. The van der Waals surface area contributed by atoms with Crippen molar-refractivity contribution in [3.63, 3.8) is 0 Å². The maximum Gasteiger partial charge on any atom is 0.253 e. The van der Waals surface area contributed by atoms with Crippen LogP contribution in [0, 0.1) is 13.8 Å². The van der Waals surface area contributed by atoms with Crippen molar-refractivity contribution in [1.29, 1.82) is 0 Å². The largest absolute Gasteiger partial charge is 0.508 e. The third kappa shape index (κ3) is 5.36. The number of nitrogens with zero attached hydrogens (tertiary/aromatic N) is 2. The molecule has 5 nitrogen and oxygen atoms in total. The molecule has 1 amide bonds. The van der Waals surface area contributed by atoms with Crippen LogP contribution in [-0.2, 0) is 6.42 Å². The number of fused-ring (bicyclic) bond motifs is 1. The lowest BCUT2D eigenvalue weighted by molar-refractivity contribution is 0.0912. The van der Waals surface area contributed by atoms with Gasteiger partial charge in [0.2, 0.25) is 0 Å². The van der Waals surface area contributed by atoms with E-state index >= 15 is 0 Å². The molecular weight excluding hydrogens is 434 g/mol. The lowest BCUT2D eigenvalue weighted by Gasteiger charge is -2.32. The maximum absolute atomic E-state index is 13.4. The third-order valence-electron chi connectivity index (χ3n) is 6.79. The second-order valence-corrected chi connectivity index (χ2v) is 9.40. The van der Waals surface area contributed by atoms with Gasteiger partial charge in [-0.1, -0.05) is 30.3 Å². The summed E-state index contributed by atoms with van der Waals surface area (Å²) in [7, 11) is 0. The van der Waals surface area contributed by atoms with Gasteiger partial charge in [-0.25, -0.2) is 0 Å². The van der Waals surface area contributed by atoms with Crippen LogP contribution in [0.1, 0.15) is 59.9 Å². The fraction of sp³-hybridized carbons (Fsp3) is 0.444. The van der Waals surface area contributed by atoms with Crippen LogP contribution in [0.2, 0.25) is 0 Å². The molecular formula is C27H36ClN3O2. The number of hydrogen-bond donors (Lipinski definition) is 2. The molecule has 4 rings (SSSR count). The number of aromatic nitrogens is 1. The van der Waals surface area contributed by atoms with E-state index in [9.17, 15) is 9.90 Å². The highest BCUT2D eigenvalue weighted by Crippen LogP contribution is 2.33. The molecule has 0 bridgehead atoms. The highest BCUT2D eigenvalue weighted by atomic mass is 35.5. The zero-order valence-corrected chi connectivity index (χ0v) is 20.9. The molecule has 0 unspecified atom stereocenters. The molecule has 2 heterocycles. The van der Waals surface area contributed by atoms with Crippen molar-refractivity contribution in [2.75, 3.05) is 19.6 Å². The molecule has 0 radical (unpaired) electrons. The van der Waals surface area contributed by atoms with Crippen molar-refractivity contribution in [3.05, 3.63) is 64.8 Å². The van der Waals surface area contributed by atoms with Gasteiger partial charge in [0.15, 0.2) is 0 Å². The van der Waals surface area contributed by atoms with E-state index in [1.54, 1.807) is 6.07 Å². The predicted octanol–water partition coefficient (Wildman–Crippen LogP) is 5.40. The van der Waals surface area contributed by atoms with E-state index in [1.165, 1.54) is 5.56 Å². The van der Waals surface area contributed by atoms with Gasteiger partial charge in [0, 0.05) is 48.3 Å². The topological polar surface area (TPSA) is 57.5 Å². The second-order valence-electron chi connectivity index (χ2n) is 9.40. The fourth-order valence-corrected chi connectivity index (χ4v) is 5.02. The number of piperidine rings is 1. The molecule has 1 aromatic heterocycles. The van der Waals surface area contributed by atoms with E-state index in [1.807, 2.05) is 19.9 Å². The standard InChI is InChI=1S/C27H35N3O2.ClH/c1-18(2)30-20(4)26(23-17-25(31)19(3)16-24(23)30)27(32)28-22-11-14-29(15-12-22)13-10-21-8-6-5-7-9-21;/h5-9,16-18,22,31H,10-15H2,1-4H3,(H,28,32);1H. The Bertz CT molecular complexity index is 1100. The molecule has 1 saturated heterocycles. The van der Waals surface area contributed by atoms with Crippen LogP contribution in [0.4, 0.5) is 0 Å². The molecule has 1 aliphatic rings. The smallest absolute Gasteiger partial charge is 0.253 e. The molecule has 33 heavy (non-hydrogen) atoms. The normalized spacial score (nSPS) is 15.1. The van der Waals surface area contributed by atoms with Crippen LogP contribution in [-0.4, -0.2) is 46.2 Å². The molecule has 6 heteroatoms. The van der Waals surface area contributed by atoms with E-state index in [2.05, 4.69) is 59.0 Å². The number of hydrogen-bond acceptors (Lipinski definition) is 3. The quantitative estimate of drug-likeness (QED) is 0.508. The van der Waals surface area contributed by atoms with E-state index in [-0.39, 0.29) is 36.1 Å². The van der Waals surface area contributed by atoms with Crippen LogP contribution >= 0.6 is 12.4 Å². The summed E-state index contributed by atoms with van der Waals surface area (Å²) in [5.41, 5.74) is 4.85. The monoisotopic (exact) mass is 469 g/mol. The number of phenolic OH excluding ortho intramolecular Hbond substituents is 1. The van der Waals surface area contributed by atoms with Gasteiger partial charge in [-0.15, -0.1) is 12.4 Å². The first kappa shape index (κ1) is 25.1. The first-order valence-electron chi connectivity index (χ1n) is 11.8. The molecule has 0 atom stereocenters. The summed E-state index contributed by atoms with van der Waals surface area (Å²) in [6.45, 7) is 11.2. The van der Waals surface area contributed by atoms with Gasteiger partial charge in [0.1, 0.15) is 5.75 Å². The van der Waals surface area contributed by atoms with Gasteiger partial charge in [-0.05, 0) is 70.2 Å². The minimum Gasteiger partial charge on any atom is -0.508 e. The fourth-order valence-electron chi connectivity index (χ4n) is 5.02. The summed E-state index contributed by atoms with van der Waals surface area (Å²) < 4.78 is 2.20. The van der Waals surface area contributed by atoms with E-state index in [0.29, 0.717) is 5.56 Å². The first-order chi connectivity index (χ1) is 15.3. The Morgan fingerprint density at radius 1 is 1.12 bits per heavy atom. The Morgan fingerprint density at radius 3 is 2.42 bits per heavy atom. The van der Waals surface area contributed by atoms with Gasteiger partial charge in [0.05, 0.1) is 5.56 Å². The Labute approximate surface area is 203 Å². The molecule has 0 spiro atoms. The van der Waals surface area contributed by atoms with Crippen LogP contribution in [0.5, 0.6) is 5.75 Å². The summed E-state index contributed by atoms with van der Waals surface area (Å²) >= 11 is 0. The second kappa shape index (κ2) is 10.6. The number of phenols is 1. The van der Waals surface area contributed by atoms with Crippen molar-refractivity contribution in [2.45, 2.75) is 59.0 Å². The van der Waals surface area contributed by atoms with Crippen LogP contribution in [0.3, 0.4) is 0 Å². The van der Waals surface area contributed by atoms with Gasteiger partial charge >= 0.3 is 0 Å². The number of halogens is 1. The highest BCUT2D eigenvalue weighted by Gasteiger charge is 2.26. The predicted molar refractivity (Wildman–Crippen MR) is 138 cm³/mol. The van der Waals surface area contributed by atoms with Crippen molar-refractivity contribution in [1.82, 2.24) is 14.8 Å². The minimum atomic E-state index is -0.0297. The first-order valence-corrected chi connectivity index (χ1v) is 11.8. The highest BCUT2D eigenvalue weighted by molar-refractivity contribution is 6.09. The summed E-state index contributed by atoms with van der Waals surface area (Å²) in [4.78, 5) is 15.8. The van der Waals surface area contributed by atoms with Crippen LogP contribution in [0.15, 0.2) is 42.5 Å². The number of aryl methyl sites for hydroxylation is 1. The van der Waals surface area contributed by atoms with Crippen molar-refractivity contribution in [2.24, 2.45) is 0 Å². The van der Waals surface area contributed by atoms with Crippen molar-refractivity contribution >= 4 is 29.2 Å². The van der Waals surface area contributed by atoms with Crippen LogP contribution < -0.4 is 5.32 Å². The number of benzene rings is 2. The molecule has 2 aromatic carbocycles. The van der Waals surface area contributed by atoms with Gasteiger partial charge in [0.25, 0.3) is 5.91 Å². The average Bonchev–Trinajstić information content (AvgIpc) is 3.05. The van der Waals surface area contributed by atoms with E-state index in [4.69, 9.17) is 0 Å². The summed E-state index contributed by atoms with van der Waals surface area (Å²) in [6.07, 6.45) is 2.99. The number of nitrogens with one attached hydrogen (secondary N) is 1. The average molecular weight is 470 g/mol. The molecule has 3 aromatic rings. The molecule has 178 valence electrons. The van der Waals surface area contributed by atoms with Crippen LogP contribution in [0.25, 0.3) is 10.9 Å². The Kier molecular flexibility index (Phi) is 8.09. The third-order valence-corrected chi connectivity index (χ3v) is 6.79. The lowest BCUT2D eigenvalue weighted by Crippen LogP contribution is -2.45. The van der Waals surface area contributed by atoms with Gasteiger partial charge in [-0.3, -0.25) is 4.79 Å². The van der Waals surface area contributed by atoms with Crippen molar-refractivity contribution in [3.8, 4) is 5.75 Å². The maximum atomic E-state index is 13.4. The summed E-state index contributed by atoms with van der Waals surface area (Å²) in [5, 5.41) is 14.4. The number of likely N-dealkylation sites (tertiary alicyclic amines) is 1. The zero-order valence-electron chi connectivity index (χ0n) is 20.1. The Balaban J connectivity index is 0.00000306.